The number of anilines is 1. The molecule has 3 rings (SSSR count). The highest BCUT2D eigenvalue weighted by atomic mass is 32.1. The number of nitrogens with one attached hydrogen (secondary N) is 1. The number of thiophene rings is 1. The Labute approximate surface area is 180 Å². The SMILES string of the molecule is CCOc1ccccc1/C=C/C(=O)OCC(=O)Nc1sc2c(c1C#N)CCCCC2. The van der Waals surface area contributed by atoms with Crippen LogP contribution in [-0.2, 0) is 27.2 Å². The molecule has 1 amide bonds. The smallest absolute Gasteiger partial charge is 0.331 e. The Hall–Kier alpha value is -3.11. The Bertz CT molecular complexity index is 988. The minimum Gasteiger partial charge on any atom is -0.493 e. The van der Waals surface area contributed by atoms with E-state index in [1.807, 2.05) is 31.2 Å². The van der Waals surface area contributed by atoms with Gasteiger partial charge in [0.2, 0.25) is 0 Å². The van der Waals surface area contributed by atoms with Crippen LogP contribution in [0.1, 0.15) is 47.8 Å². The first-order chi connectivity index (χ1) is 14.6. The number of hydrogen-bond donors (Lipinski definition) is 1. The topological polar surface area (TPSA) is 88.4 Å². The number of hydrogen-bond acceptors (Lipinski definition) is 6. The fourth-order valence-corrected chi connectivity index (χ4v) is 4.62. The molecule has 6 nitrogen and oxygen atoms in total. The standard InChI is InChI=1S/C23H24N2O4S/c1-2-28-19-10-7-6-8-16(19)12-13-22(27)29-15-21(26)25-23-18(14-24)17-9-4-3-5-11-20(17)30-23/h6-8,10,12-13H,2-5,9,11,15H2,1H3,(H,25,26)/b13-12+. The normalized spacial score (nSPS) is 13.2. The second-order valence-corrected chi connectivity index (χ2v) is 7.95. The van der Waals surface area contributed by atoms with E-state index in [1.54, 1.807) is 6.08 Å². The van der Waals surface area contributed by atoms with Gasteiger partial charge in [-0.05, 0) is 50.3 Å². The van der Waals surface area contributed by atoms with Crippen molar-refractivity contribution in [1.29, 1.82) is 5.26 Å². The van der Waals surface area contributed by atoms with Crippen LogP contribution in [0.4, 0.5) is 5.00 Å². The molecule has 1 aromatic heterocycles. The van der Waals surface area contributed by atoms with Gasteiger partial charge < -0.3 is 14.8 Å². The molecule has 0 unspecified atom stereocenters. The first kappa shape index (κ1) is 21.6. The summed E-state index contributed by atoms with van der Waals surface area (Å²) >= 11 is 1.45. The Kier molecular flexibility index (Phi) is 7.63. The van der Waals surface area contributed by atoms with Crippen molar-refractivity contribution in [2.24, 2.45) is 0 Å². The van der Waals surface area contributed by atoms with Gasteiger partial charge in [-0.15, -0.1) is 11.3 Å². The maximum Gasteiger partial charge on any atom is 0.331 e. The van der Waals surface area contributed by atoms with E-state index in [-0.39, 0.29) is 0 Å². The van der Waals surface area contributed by atoms with E-state index in [4.69, 9.17) is 9.47 Å². The molecular weight excluding hydrogens is 400 g/mol. The molecule has 0 spiro atoms. The van der Waals surface area contributed by atoms with Gasteiger partial charge in [0.25, 0.3) is 5.91 Å². The summed E-state index contributed by atoms with van der Waals surface area (Å²) in [6.45, 7) is 1.99. The number of fused-ring (bicyclic) bond motifs is 1. The fourth-order valence-electron chi connectivity index (χ4n) is 3.36. The first-order valence-electron chi connectivity index (χ1n) is 10.0. The predicted molar refractivity (Wildman–Crippen MR) is 117 cm³/mol. The number of nitriles is 1. The average Bonchev–Trinajstić information content (AvgIpc) is 2.90. The van der Waals surface area contributed by atoms with Gasteiger partial charge in [-0.2, -0.15) is 5.26 Å². The Morgan fingerprint density at radius 2 is 2.03 bits per heavy atom. The van der Waals surface area contributed by atoms with Crippen LogP contribution in [0.5, 0.6) is 5.75 Å². The summed E-state index contributed by atoms with van der Waals surface area (Å²) in [6.07, 6.45) is 7.98. The molecule has 156 valence electrons. The summed E-state index contributed by atoms with van der Waals surface area (Å²) in [6, 6.07) is 9.56. The van der Waals surface area contributed by atoms with E-state index in [0.29, 0.717) is 22.9 Å². The van der Waals surface area contributed by atoms with Crippen LogP contribution in [0, 0.1) is 11.3 Å². The molecule has 0 saturated carbocycles. The summed E-state index contributed by atoms with van der Waals surface area (Å²) in [5.74, 6) is -0.415. The van der Waals surface area contributed by atoms with Crippen LogP contribution < -0.4 is 10.1 Å². The Balaban J connectivity index is 1.56. The van der Waals surface area contributed by atoms with E-state index < -0.39 is 18.5 Å². The third kappa shape index (κ3) is 5.49. The second-order valence-electron chi connectivity index (χ2n) is 6.84. The number of carbonyl (C=O) groups is 2. The van der Waals surface area contributed by atoms with Crippen LogP contribution in [0.15, 0.2) is 30.3 Å². The molecule has 30 heavy (non-hydrogen) atoms. The number of aryl methyl sites for hydroxylation is 1. The molecule has 0 bridgehead atoms. The quantitative estimate of drug-likeness (QED) is 0.402. The summed E-state index contributed by atoms with van der Waals surface area (Å²) < 4.78 is 10.5. The van der Waals surface area contributed by atoms with Crippen molar-refractivity contribution in [1.82, 2.24) is 0 Å². The van der Waals surface area contributed by atoms with Gasteiger partial charge >= 0.3 is 5.97 Å². The lowest BCUT2D eigenvalue weighted by Gasteiger charge is -2.06. The second kappa shape index (κ2) is 10.6. The Morgan fingerprint density at radius 3 is 2.83 bits per heavy atom. The number of amides is 1. The monoisotopic (exact) mass is 424 g/mol. The summed E-state index contributed by atoms with van der Waals surface area (Å²) in [5.41, 5.74) is 2.35. The third-order valence-electron chi connectivity index (χ3n) is 4.75. The lowest BCUT2D eigenvalue weighted by atomic mass is 10.1. The van der Waals surface area contributed by atoms with Gasteiger partial charge in [-0.1, -0.05) is 24.6 Å². The number of rotatable bonds is 7. The van der Waals surface area contributed by atoms with Crippen molar-refractivity contribution in [2.45, 2.75) is 39.0 Å². The minimum atomic E-state index is -0.626. The third-order valence-corrected chi connectivity index (χ3v) is 5.96. The summed E-state index contributed by atoms with van der Waals surface area (Å²) in [7, 11) is 0. The molecule has 1 N–H and O–H groups in total. The van der Waals surface area contributed by atoms with E-state index >= 15 is 0 Å². The van der Waals surface area contributed by atoms with Gasteiger partial charge in [0.15, 0.2) is 6.61 Å². The first-order valence-corrected chi connectivity index (χ1v) is 10.8. The molecule has 0 fully saturated rings. The van der Waals surface area contributed by atoms with Gasteiger partial charge in [0, 0.05) is 16.5 Å². The van der Waals surface area contributed by atoms with Crippen molar-refractivity contribution in [3.8, 4) is 11.8 Å². The number of esters is 1. The molecule has 1 aromatic carbocycles. The lowest BCUT2D eigenvalue weighted by Crippen LogP contribution is -2.20. The molecule has 1 aliphatic rings. The van der Waals surface area contributed by atoms with Crippen molar-refractivity contribution < 1.29 is 19.1 Å². The largest absolute Gasteiger partial charge is 0.493 e. The number of nitrogens with zero attached hydrogens (tertiary/aromatic N) is 1. The molecule has 0 atom stereocenters. The van der Waals surface area contributed by atoms with Crippen LogP contribution in [0.3, 0.4) is 0 Å². The molecule has 1 aliphatic carbocycles. The zero-order valence-corrected chi connectivity index (χ0v) is 17.7. The average molecular weight is 425 g/mol. The van der Waals surface area contributed by atoms with Crippen LogP contribution in [0.2, 0.25) is 0 Å². The maximum atomic E-state index is 12.2. The van der Waals surface area contributed by atoms with Gasteiger partial charge in [-0.3, -0.25) is 4.79 Å². The zero-order chi connectivity index (χ0) is 21.3. The highest BCUT2D eigenvalue weighted by Gasteiger charge is 2.21. The maximum absolute atomic E-state index is 12.2. The molecule has 1 heterocycles. The number of para-hydroxylation sites is 1. The summed E-state index contributed by atoms with van der Waals surface area (Å²) in [5, 5.41) is 12.8. The van der Waals surface area contributed by atoms with E-state index in [0.717, 1.165) is 43.2 Å². The molecule has 0 radical (unpaired) electrons. The van der Waals surface area contributed by atoms with E-state index in [2.05, 4.69) is 11.4 Å². The number of benzene rings is 1. The lowest BCUT2D eigenvalue weighted by molar-refractivity contribution is -0.142. The molecule has 0 saturated heterocycles. The molecule has 7 heteroatoms. The molecular formula is C23H24N2O4S. The van der Waals surface area contributed by atoms with Gasteiger partial charge in [0.05, 0.1) is 12.2 Å². The number of ether oxygens (including phenoxy) is 2. The van der Waals surface area contributed by atoms with E-state index in [1.165, 1.54) is 22.3 Å². The van der Waals surface area contributed by atoms with Crippen LogP contribution in [0.25, 0.3) is 6.08 Å². The van der Waals surface area contributed by atoms with Crippen molar-refractivity contribution in [3.63, 3.8) is 0 Å². The molecule has 2 aromatic rings. The van der Waals surface area contributed by atoms with E-state index in [9.17, 15) is 14.9 Å². The van der Waals surface area contributed by atoms with Crippen molar-refractivity contribution in [3.05, 3.63) is 51.9 Å². The van der Waals surface area contributed by atoms with Crippen molar-refractivity contribution >= 4 is 34.3 Å². The minimum absolute atomic E-state index is 0.413. The van der Waals surface area contributed by atoms with Crippen LogP contribution in [-0.4, -0.2) is 25.1 Å². The molecule has 0 aliphatic heterocycles. The van der Waals surface area contributed by atoms with Gasteiger partial charge in [-0.25, -0.2) is 4.79 Å². The zero-order valence-electron chi connectivity index (χ0n) is 16.9. The van der Waals surface area contributed by atoms with Gasteiger partial charge in [0.1, 0.15) is 16.8 Å². The predicted octanol–water partition coefficient (Wildman–Crippen LogP) is 4.48. The number of carbonyl (C=O) groups excluding carboxylic acids is 2. The highest BCUT2D eigenvalue weighted by Crippen LogP contribution is 2.36. The van der Waals surface area contributed by atoms with Crippen molar-refractivity contribution in [2.75, 3.05) is 18.5 Å². The van der Waals surface area contributed by atoms with Crippen LogP contribution >= 0.6 is 11.3 Å². The highest BCUT2D eigenvalue weighted by molar-refractivity contribution is 7.16. The summed E-state index contributed by atoms with van der Waals surface area (Å²) in [4.78, 5) is 25.4. The fraction of sp³-hybridized carbons (Fsp3) is 0.348. The Morgan fingerprint density at radius 1 is 1.23 bits per heavy atom.